The molecule has 0 bridgehead atoms. The second-order valence-electron chi connectivity index (χ2n) is 3.85. The molecule has 1 saturated heterocycles. The lowest BCUT2D eigenvalue weighted by Crippen LogP contribution is -2.27. The van der Waals surface area contributed by atoms with Crippen LogP contribution in [0.2, 0.25) is 0 Å². The van der Waals surface area contributed by atoms with Crippen LogP contribution in [0, 0.1) is 0 Å². The predicted octanol–water partition coefficient (Wildman–Crippen LogP) is 1.22. The molecule has 15 heavy (non-hydrogen) atoms. The van der Waals surface area contributed by atoms with Gasteiger partial charge in [-0.1, -0.05) is 0 Å². The Morgan fingerprint density at radius 2 is 2.33 bits per heavy atom. The quantitative estimate of drug-likeness (QED) is 0.803. The number of halogens is 2. The van der Waals surface area contributed by atoms with E-state index in [1.54, 1.807) is 11.1 Å². The molecule has 0 amide bonds. The van der Waals surface area contributed by atoms with Crippen molar-refractivity contribution in [3.8, 4) is 0 Å². The van der Waals surface area contributed by atoms with Crippen LogP contribution in [0.15, 0.2) is 23.3 Å². The lowest BCUT2D eigenvalue weighted by molar-refractivity contribution is 0.0115. The molecule has 0 spiro atoms. The molecule has 0 atom stereocenters. The van der Waals surface area contributed by atoms with E-state index in [1.807, 2.05) is 0 Å². The fourth-order valence-corrected chi connectivity index (χ4v) is 1.76. The number of hydrogen-bond acceptors (Lipinski definition) is 2. The standard InChI is InChI=1S/C10H12F2N2O/c11-10(12)2-4-14(7-10)6-8-5-13-3-1-9(8)15/h1,3,5H,2,4,6-7H2,(H,13,15). The van der Waals surface area contributed by atoms with Gasteiger partial charge in [-0.3, -0.25) is 9.69 Å². The molecule has 0 unspecified atom stereocenters. The Morgan fingerprint density at radius 1 is 1.53 bits per heavy atom. The predicted molar refractivity (Wildman–Crippen MR) is 51.9 cm³/mol. The highest BCUT2D eigenvalue weighted by molar-refractivity contribution is 5.09. The lowest BCUT2D eigenvalue weighted by atomic mass is 10.2. The minimum absolute atomic E-state index is 0.107. The summed E-state index contributed by atoms with van der Waals surface area (Å²) < 4.78 is 25.7. The summed E-state index contributed by atoms with van der Waals surface area (Å²) in [6, 6.07) is 1.41. The summed E-state index contributed by atoms with van der Waals surface area (Å²) in [6.07, 6.45) is 2.99. The maximum absolute atomic E-state index is 12.9. The van der Waals surface area contributed by atoms with E-state index in [-0.39, 0.29) is 18.4 Å². The number of hydrogen-bond donors (Lipinski definition) is 1. The smallest absolute Gasteiger partial charge is 0.261 e. The van der Waals surface area contributed by atoms with Gasteiger partial charge in [0.1, 0.15) is 0 Å². The molecule has 1 N–H and O–H groups in total. The first-order chi connectivity index (χ1) is 7.07. The molecule has 3 nitrogen and oxygen atoms in total. The summed E-state index contributed by atoms with van der Waals surface area (Å²) >= 11 is 0. The average Bonchev–Trinajstić information content (AvgIpc) is 2.50. The fourth-order valence-electron chi connectivity index (χ4n) is 1.76. The Morgan fingerprint density at radius 3 is 2.93 bits per heavy atom. The second kappa shape index (κ2) is 3.73. The van der Waals surface area contributed by atoms with Crippen molar-refractivity contribution in [1.82, 2.24) is 9.88 Å². The van der Waals surface area contributed by atoms with Crippen molar-refractivity contribution in [1.29, 1.82) is 0 Å². The van der Waals surface area contributed by atoms with Crippen LogP contribution in [0.1, 0.15) is 12.0 Å². The van der Waals surface area contributed by atoms with Crippen molar-refractivity contribution in [2.45, 2.75) is 18.9 Å². The summed E-state index contributed by atoms with van der Waals surface area (Å²) in [4.78, 5) is 15.7. The van der Waals surface area contributed by atoms with Crippen LogP contribution in [0.25, 0.3) is 0 Å². The number of likely N-dealkylation sites (tertiary alicyclic amines) is 1. The van der Waals surface area contributed by atoms with E-state index < -0.39 is 5.92 Å². The Balaban J connectivity index is 2.05. The number of aromatic nitrogens is 1. The Bertz CT molecular complexity index is 402. The minimum atomic E-state index is -2.60. The van der Waals surface area contributed by atoms with E-state index in [2.05, 4.69) is 4.98 Å². The lowest BCUT2D eigenvalue weighted by Gasteiger charge is -2.14. The molecule has 2 rings (SSSR count). The molecule has 0 radical (unpaired) electrons. The molecular weight excluding hydrogens is 202 g/mol. The van der Waals surface area contributed by atoms with E-state index in [4.69, 9.17) is 0 Å². The SMILES string of the molecule is O=c1cc[nH]cc1CN1CCC(F)(F)C1. The van der Waals surface area contributed by atoms with Gasteiger partial charge in [0, 0.05) is 43.5 Å². The van der Waals surface area contributed by atoms with E-state index in [1.165, 1.54) is 12.3 Å². The van der Waals surface area contributed by atoms with E-state index in [0.29, 0.717) is 18.7 Å². The summed E-state index contributed by atoms with van der Waals surface area (Å²) in [5, 5.41) is 0. The molecule has 0 aliphatic carbocycles. The molecule has 5 heteroatoms. The van der Waals surface area contributed by atoms with E-state index in [9.17, 15) is 13.6 Å². The van der Waals surface area contributed by atoms with Crippen LogP contribution in [-0.4, -0.2) is 28.9 Å². The van der Waals surface area contributed by atoms with E-state index in [0.717, 1.165) is 0 Å². The molecule has 0 saturated carbocycles. The van der Waals surface area contributed by atoms with Crippen molar-refractivity contribution < 1.29 is 8.78 Å². The molecule has 1 aliphatic rings. The van der Waals surface area contributed by atoms with Crippen LogP contribution in [0.4, 0.5) is 8.78 Å². The number of nitrogens with one attached hydrogen (secondary N) is 1. The third kappa shape index (κ3) is 2.41. The van der Waals surface area contributed by atoms with Crippen molar-refractivity contribution in [3.05, 3.63) is 34.2 Å². The zero-order valence-corrected chi connectivity index (χ0v) is 8.17. The van der Waals surface area contributed by atoms with Gasteiger partial charge in [-0.15, -0.1) is 0 Å². The zero-order chi connectivity index (χ0) is 10.9. The summed E-state index contributed by atoms with van der Waals surface area (Å²) in [5.41, 5.74) is 0.430. The zero-order valence-electron chi connectivity index (χ0n) is 8.17. The van der Waals surface area contributed by atoms with Crippen LogP contribution in [-0.2, 0) is 6.54 Å². The maximum Gasteiger partial charge on any atom is 0.261 e. The van der Waals surface area contributed by atoms with Crippen molar-refractivity contribution in [2.24, 2.45) is 0 Å². The van der Waals surface area contributed by atoms with Gasteiger partial charge in [-0.25, -0.2) is 8.78 Å². The first-order valence-corrected chi connectivity index (χ1v) is 4.83. The van der Waals surface area contributed by atoms with Gasteiger partial charge in [0.15, 0.2) is 5.43 Å². The normalized spacial score (nSPS) is 20.7. The Kier molecular flexibility index (Phi) is 2.56. The van der Waals surface area contributed by atoms with Gasteiger partial charge < -0.3 is 4.98 Å². The van der Waals surface area contributed by atoms with Crippen LogP contribution >= 0.6 is 0 Å². The van der Waals surface area contributed by atoms with Gasteiger partial charge in [0.25, 0.3) is 5.92 Å². The summed E-state index contributed by atoms with van der Waals surface area (Å²) in [6.45, 7) is 0.397. The largest absolute Gasteiger partial charge is 0.367 e. The van der Waals surface area contributed by atoms with Crippen molar-refractivity contribution in [2.75, 3.05) is 13.1 Å². The van der Waals surface area contributed by atoms with Gasteiger partial charge >= 0.3 is 0 Å². The molecule has 1 aliphatic heterocycles. The monoisotopic (exact) mass is 214 g/mol. The van der Waals surface area contributed by atoms with Crippen molar-refractivity contribution in [3.63, 3.8) is 0 Å². The third-order valence-corrected chi connectivity index (χ3v) is 2.55. The molecular formula is C10H12F2N2O. The minimum Gasteiger partial charge on any atom is -0.367 e. The van der Waals surface area contributed by atoms with E-state index >= 15 is 0 Å². The summed E-state index contributed by atoms with van der Waals surface area (Å²) in [5.74, 6) is -2.60. The summed E-state index contributed by atoms with van der Waals surface area (Å²) in [7, 11) is 0. The van der Waals surface area contributed by atoms with Crippen LogP contribution in [0.3, 0.4) is 0 Å². The average molecular weight is 214 g/mol. The topological polar surface area (TPSA) is 36.1 Å². The highest BCUT2D eigenvalue weighted by atomic mass is 19.3. The van der Waals surface area contributed by atoms with Gasteiger partial charge in [0.2, 0.25) is 0 Å². The number of rotatable bonds is 2. The van der Waals surface area contributed by atoms with Crippen molar-refractivity contribution >= 4 is 0 Å². The number of pyridine rings is 1. The fraction of sp³-hybridized carbons (Fsp3) is 0.500. The number of aromatic amines is 1. The Hall–Kier alpha value is -1.23. The van der Waals surface area contributed by atoms with Crippen LogP contribution < -0.4 is 5.43 Å². The maximum atomic E-state index is 12.9. The highest BCUT2D eigenvalue weighted by Crippen LogP contribution is 2.27. The molecule has 0 aromatic carbocycles. The van der Waals surface area contributed by atoms with Crippen LogP contribution in [0.5, 0.6) is 0 Å². The second-order valence-corrected chi connectivity index (χ2v) is 3.85. The van der Waals surface area contributed by atoms with Gasteiger partial charge in [0.05, 0.1) is 6.54 Å². The number of nitrogens with zero attached hydrogens (tertiary/aromatic N) is 1. The van der Waals surface area contributed by atoms with Gasteiger partial charge in [-0.2, -0.15) is 0 Å². The number of H-pyrrole nitrogens is 1. The van der Waals surface area contributed by atoms with Gasteiger partial charge in [-0.05, 0) is 0 Å². The molecule has 82 valence electrons. The number of alkyl halides is 2. The highest BCUT2D eigenvalue weighted by Gasteiger charge is 2.37. The molecule has 1 fully saturated rings. The first kappa shape index (κ1) is 10.3. The first-order valence-electron chi connectivity index (χ1n) is 4.83. The molecule has 1 aromatic rings. The molecule has 2 heterocycles. The molecule has 1 aromatic heterocycles. The Labute approximate surface area is 85.7 Å². The third-order valence-electron chi connectivity index (χ3n) is 2.55.